The first-order valence-corrected chi connectivity index (χ1v) is 7.55. The van der Waals surface area contributed by atoms with Gasteiger partial charge in [-0.15, -0.1) is 0 Å². The van der Waals surface area contributed by atoms with Crippen LogP contribution in [0.15, 0.2) is 47.5 Å². The summed E-state index contributed by atoms with van der Waals surface area (Å²) in [6, 6.07) is 14.2. The quantitative estimate of drug-likeness (QED) is 0.712. The zero-order valence-corrected chi connectivity index (χ0v) is 12.6. The SMILES string of the molecule is Clc1ccc(CN=C2CCCc3ccccc32)cc1Cl. The summed E-state index contributed by atoms with van der Waals surface area (Å²) in [7, 11) is 0. The molecule has 0 atom stereocenters. The Labute approximate surface area is 129 Å². The highest BCUT2D eigenvalue weighted by Crippen LogP contribution is 2.24. The maximum atomic E-state index is 6.04. The van der Waals surface area contributed by atoms with Crippen LogP contribution < -0.4 is 0 Å². The van der Waals surface area contributed by atoms with E-state index in [4.69, 9.17) is 28.2 Å². The molecule has 0 aliphatic heterocycles. The normalized spacial score (nSPS) is 16.2. The molecule has 0 amide bonds. The summed E-state index contributed by atoms with van der Waals surface area (Å²) in [6.45, 7) is 0.653. The van der Waals surface area contributed by atoms with E-state index >= 15 is 0 Å². The number of hydrogen-bond donors (Lipinski definition) is 0. The fourth-order valence-corrected chi connectivity index (χ4v) is 2.91. The van der Waals surface area contributed by atoms with Gasteiger partial charge in [0.15, 0.2) is 0 Å². The first-order chi connectivity index (χ1) is 9.74. The van der Waals surface area contributed by atoms with Crippen molar-refractivity contribution in [3.05, 3.63) is 69.2 Å². The molecule has 0 fully saturated rings. The molecule has 2 aromatic carbocycles. The number of fused-ring (bicyclic) bond motifs is 1. The van der Waals surface area contributed by atoms with Gasteiger partial charge >= 0.3 is 0 Å². The van der Waals surface area contributed by atoms with Crippen LogP contribution in [0.5, 0.6) is 0 Å². The maximum Gasteiger partial charge on any atom is 0.0643 e. The summed E-state index contributed by atoms with van der Waals surface area (Å²) in [6.07, 6.45) is 3.39. The van der Waals surface area contributed by atoms with Gasteiger partial charge in [-0.25, -0.2) is 0 Å². The highest BCUT2D eigenvalue weighted by molar-refractivity contribution is 6.42. The van der Waals surface area contributed by atoms with Crippen LogP contribution in [0.3, 0.4) is 0 Å². The van der Waals surface area contributed by atoms with Gasteiger partial charge in [0.25, 0.3) is 0 Å². The number of hydrogen-bond acceptors (Lipinski definition) is 1. The van der Waals surface area contributed by atoms with E-state index in [-0.39, 0.29) is 0 Å². The predicted molar refractivity (Wildman–Crippen MR) is 86.1 cm³/mol. The van der Waals surface area contributed by atoms with E-state index in [1.165, 1.54) is 23.3 Å². The Bertz CT molecular complexity index is 662. The Hall–Kier alpha value is -1.31. The van der Waals surface area contributed by atoms with E-state index in [0.717, 1.165) is 18.4 Å². The molecule has 0 aromatic heterocycles. The lowest BCUT2D eigenvalue weighted by molar-refractivity contribution is 0.831. The summed E-state index contributed by atoms with van der Waals surface area (Å²) in [5, 5.41) is 1.18. The highest BCUT2D eigenvalue weighted by atomic mass is 35.5. The van der Waals surface area contributed by atoms with Gasteiger partial charge in [0.2, 0.25) is 0 Å². The molecule has 0 spiro atoms. The minimum Gasteiger partial charge on any atom is -0.284 e. The topological polar surface area (TPSA) is 12.4 Å². The third-order valence-corrected chi connectivity index (χ3v) is 4.36. The van der Waals surface area contributed by atoms with Gasteiger partial charge in [-0.2, -0.15) is 0 Å². The molecule has 1 nitrogen and oxygen atoms in total. The number of halogens is 2. The molecular formula is C17H15Cl2N. The minimum atomic E-state index is 0.589. The number of benzene rings is 2. The molecule has 0 bridgehead atoms. The molecule has 0 saturated heterocycles. The lowest BCUT2D eigenvalue weighted by Crippen LogP contribution is -2.12. The second-order valence-corrected chi connectivity index (χ2v) is 5.84. The molecule has 0 unspecified atom stereocenters. The molecule has 1 aliphatic rings. The third kappa shape index (κ3) is 2.89. The van der Waals surface area contributed by atoms with Gasteiger partial charge in [0.05, 0.1) is 16.6 Å². The first-order valence-electron chi connectivity index (χ1n) is 6.79. The molecule has 0 radical (unpaired) electrons. The summed E-state index contributed by atoms with van der Waals surface area (Å²) in [4.78, 5) is 4.78. The van der Waals surface area contributed by atoms with Crippen LogP contribution in [0.4, 0.5) is 0 Å². The molecule has 0 saturated carbocycles. The summed E-state index contributed by atoms with van der Waals surface area (Å²) >= 11 is 12.0. The average Bonchev–Trinajstić information content (AvgIpc) is 2.48. The second-order valence-electron chi connectivity index (χ2n) is 5.02. The van der Waals surface area contributed by atoms with Crippen LogP contribution in [0.1, 0.15) is 29.5 Å². The molecule has 1 aliphatic carbocycles. The number of nitrogens with zero attached hydrogens (tertiary/aromatic N) is 1. The van der Waals surface area contributed by atoms with Crippen molar-refractivity contribution in [1.82, 2.24) is 0 Å². The number of aryl methyl sites for hydroxylation is 1. The zero-order chi connectivity index (χ0) is 13.9. The predicted octanol–water partition coefficient (Wildman–Crippen LogP) is 5.32. The van der Waals surface area contributed by atoms with Crippen LogP contribution in [0, 0.1) is 0 Å². The maximum absolute atomic E-state index is 6.04. The molecule has 2 aromatic rings. The van der Waals surface area contributed by atoms with Crippen molar-refractivity contribution in [3.8, 4) is 0 Å². The molecular weight excluding hydrogens is 289 g/mol. The summed E-state index contributed by atoms with van der Waals surface area (Å²) in [5.41, 5.74) is 5.01. The Morgan fingerprint density at radius 3 is 2.65 bits per heavy atom. The summed E-state index contributed by atoms with van der Waals surface area (Å²) in [5.74, 6) is 0. The fraction of sp³-hybridized carbons (Fsp3) is 0.235. The zero-order valence-electron chi connectivity index (χ0n) is 11.1. The van der Waals surface area contributed by atoms with Crippen molar-refractivity contribution >= 4 is 28.9 Å². The van der Waals surface area contributed by atoms with Gasteiger partial charge in [-0.1, -0.05) is 53.5 Å². The van der Waals surface area contributed by atoms with Crippen LogP contribution in [-0.4, -0.2) is 5.71 Å². The lowest BCUT2D eigenvalue weighted by Gasteiger charge is -2.17. The first kappa shape index (κ1) is 13.7. The summed E-state index contributed by atoms with van der Waals surface area (Å²) < 4.78 is 0. The largest absolute Gasteiger partial charge is 0.284 e. The van der Waals surface area contributed by atoms with E-state index in [0.29, 0.717) is 16.6 Å². The van der Waals surface area contributed by atoms with Crippen LogP contribution in [-0.2, 0) is 13.0 Å². The fourth-order valence-electron chi connectivity index (χ4n) is 2.59. The highest BCUT2D eigenvalue weighted by Gasteiger charge is 2.14. The van der Waals surface area contributed by atoms with E-state index in [9.17, 15) is 0 Å². The molecule has 0 N–H and O–H groups in total. The van der Waals surface area contributed by atoms with Crippen molar-refractivity contribution in [2.24, 2.45) is 4.99 Å². The number of rotatable bonds is 2. The lowest BCUT2D eigenvalue weighted by atomic mass is 9.90. The molecule has 3 rings (SSSR count). The van der Waals surface area contributed by atoms with Crippen molar-refractivity contribution in [3.63, 3.8) is 0 Å². The van der Waals surface area contributed by atoms with E-state index in [1.54, 1.807) is 0 Å². The van der Waals surface area contributed by atoms with E-state index < -0.39 is 0 Å². The number of aliphatic imine (C=N–C) groups is 1. The smallest absolute Gasteiger partial charge is 0.0643 e. The molecule has 0 heterocycles. The van der Waals surface area contributed by atoms with Gasteiger partial charge in [-0.3, -0.25) is 4.99 Å². The van der Waals surface area contributed by atoms with Crippen molar-refractivity contribution < 1.29 is 0 Å². The van der Waals surface area contributed by atoms with E-state index in [1.807, 2.05) is 18.2 Å². The van der Waals surface area contributed by atoms with Crippen molar-refractivity contribution in [1.29, 1.82) is 0 Å². The van der Waals surface area contributed by atoms with Crippen LogP contribution >= 0.6 is 23.2 Å². The molecule has 3 heteroatoms. The Morgan fingerprint density at radius 1 is 0.950 bits per heavy atom. The Morgan fingerprint density at radius 2 is 1.80 bits per heavy atom. The monoisotopic (exact) mass is 303 g/mol. The standard InChI is InChI=1S/C17H15Cl2N/c18-15-9-8-12(10-16(15)19)11-20-17-7-3-5-13-4-1-2-6-14(13)17/h1-2,4,6,8-10H,3,5,7,11H2. The van der Waals surface area contributed by atoms with Crippen LogP contribution in [0.2, 0.25) is 10.0 Å². The van der Waals surface area contributed by atoms with Gasteiger partial charge in [-0.05, 0) is 48.1 Å². The Kier molecular flexibility index (Phi) is 4.09. The Balaban J connectivity index is 1.85. The van der Waals surface area contributed by atoms with Crippen molar-refractivity contribution in [2.75, 3.05) is 0 Å². The average molecular weight is 304 g/mol. The van der Waals surface area contributed by atoms with Gasteiger partial charge in [0, 0.05) is 5.71 Å². The molecule has 20 heavy (non-hydrogen) atoms. The van der Waals surface area contributed by atoms with Gasteiger partial charge < -0.3 is 0 Å². The van der Waals surface area contributed by atoms with Crippen molar-refractivity contribution in [2.45, 2.75) is 25.8 Å². The third-order valence-electron chi connectivity index (χ3n) is 3.62. The minimum absolute atomic E-state index is 0.589. The van der Waals surface area contributed by atoms with E-state index in [2.05, 4.69) is 24.3 Å². The van der Waals surface area contributed by atoms with Crippen LogP contribution in [0.25, 0.3) is 0 Å². The van der Waals surface area contributed by atoms with Gasteiger partial charge in [0.1, 0.15) is 0 Å². The second kappa shape index (κ2) is 5.99. The molecule has 102 valence electrons.